The molecule has 1 heterocycles. The number of ether oxygens (including phenoxy) is 1. The Morgan fingerprint density at radius 1 is 1.86 bits per heavy atom. The van der Waals surface area contributed by atoms with E-state index in [-0.39, 0.29) is 0 Å². The third-order valence-electron chi connectivity index (χ3n) is 1.49. The topological polar surface area (TPSA) is 75.2 Å². The molecule has 14 heavy (non-hydrogen) atoms. The van der Waals surface area contributed by atoms with Crippen molar-refractivity contribution in [3.8, 4) is 0 Å². The molecule has 0 aliphatic carbocycles. The molecule has 0 saturated heterocycles. The van der Waals surface area contributed by atoms with Gasteiger partial charge in [0.15, 0.2) is 11.3 Å². The van der Waals surface area contributed by atoms with E-state index in [1.54, 1.807) is 19.3 Å². The minimum atomic E-state index is -0.939. The van der Waals surface area contributed by atoms with Crippen molar-refractivity contribution in [3.63, 3.8) is 0 Å². The van der Waals surface area contributed by atoms with Gasteiger partial charge in [-0.3, -0.25) is 0 Å². The van der Waals surface area contributed by atoms with Crippen LogP contribution in [0.3, 0.4) is 0 Å². The first-order valence-electron chi connectivity index (χ1n) is 4.20. The molecule has 1 unspecified atom stereocenters. The summed E-state index contributed by atoms with van der Waals surface area (Å²) in [5.74, 6) is -0.581. The van der Waals surface area contributed by atoms with Crippen molar-refractivity contribution in [3.05, 3.63) is 12.4 Å². The third kappa shape index (κ3) is 3.39. The molecular formula is C8H12N2O3S. The fourth-order valence-electron chi connectivity index (χ4n) is 0.876. The highest BCUT2D eigenvalue weighted by Crippen LogP contribution is 2.14. The fraction of sp³-hybridized carbons (Fsp3) is 0.500. The summed E-state index contributed by atoms with van der Waals surface area (Å²) in [4.78, 5) is 17.5. The Bertz CT molecular complexity index is 276. The number of aromatic amines is 1. The van der Waals surface area contributed by atoms with Gasteiger partial charge in [0.25, 0.3) is 0 Å². The van der Waals surface area contributed by atoms with Gasteiger partial charge >= 0.3 is 5.97 Å². The number of nitrogens with one attached hydrogen (secondary N) is 1. The van der Waals surface area contributed by atoms with E-state index in [2.05, 4.69) is 9.97 Å². The molecule has 1 aromatic rings. The molecule has 1 aromatic heterocycles. The minimum Gasteiger partial charge on any atom is -0.479 e. The molecule has 2 N–H and O–H groups in total. The third-order valence-corrected chi connectivity index (χ3v) is 2.45. The van der Waals surface area contributed by atoms with Gasteiger partial charge in [0.2, 0.25) is 0 Å². The van der Waals surface area contributed by atoms with Crippen molar-refractivity contribution in [1.82, 2.24) is 9.97 Å². The van der Waals surface area contributed by atoms with Gasteiger partial charge in [0.1, 0.15) is 0 Å². The van der Waals surface area contributed by atoms with Crippen LogP contribution in [-0.4, -0.2) is 39.5 Å². The van der Waals surface area contributed by atoms with Crippen LogP contribution in [0.2, 0.25) is 0 Å². The average Bonchev–Trinajstić information content (AvgIpc) is 2.64. The molecule has 0 saturated carbocycles. The molecule has 1 rings (SSSR count). The number of hydrogen-bond donors (Lipinski definition) is 2. The lowest BCUT2D eigenvalue weighted by atomic mass is 10.4. The Labute approximate surface area is 85.9 Å². The number of imidazole rings is 1. The molecule has 0 aliphatic rings. The van der Waals surface area contributed by atoms with Crippen molar-refractivity contribution < 1.29 is 14.6 Å². The summed E-state index contributed by atoms with van der Waals surface area (Å²) in [6.07, 6.45) is 2.55. The van der Waals surface area contributed by atoms with Crippen molar-refractivity contribution in [2.24, 2.45) is 0 Å². The van der Waals surface area contributed by atoms with E-state index in [0.717, 1.165) is 0 Å². The second kappa shape index (κ2) is 5.66. The van der Waals surface area contributed by atoms with Crippen LogP contribution in [0.4, 0.5) is 0 Å². The van der Waals surface area contributed by atoms with E-state index in [0.29, 0.717) is 17.5 Å². The lowest BCUT2D eigenvalue weighted by Gasteiger charge is -2.10. The van der Waals surface area contributed by atoms with Crippen LogP contribution in [0.15, 0.2) is 17.6 Å². The van der Waals surface area contributed by atoms with Crippen LogP contribution in [0, 0.1) is 0 Å². The molecule has 0 amide bonds. The summed E-state index contributed by atoms with van der Waals surface area (Å²) >= 11 is 1.33. The Morgan fingerprint density at radius 2 is 2.64 bits per heavy atom. The van der Waals surface area contributed by atoms with Crippen molar-refractivity contribution in [1.29, 1.82) is 0 Å². The zero-order valence-corrected chi connectivity index (χ0v) is 8.58. The SMILES string of the molecule is CCOC(CSc1ncc[nH]1)C(=O)O. The van der Waals surface area contributed by atoms with E-state index in [9.17, 15) is 4.79 Å². The number of H-pyrrole nitrogens is 1. The number of aliphatic carboxylic acids is 1. The molecule has 0 aromatic carbocycles. The zero-order chi connectivity index (χ0) is 10.4. The van der Waals surface area contributed by atoms with Gasteiger partial charge in [-0.15, -0.1) is 0 Å². The average molecular weight is 216 g/mol. The zero-order valence-electron chi connectivity index (χ0n) is 7.77. The van der Waals surface area contributed by atoms with Crippen LogP contribution in [-0.2, 0) is 9.53 Å². The summed E-state index contributed by atoms with van der Waals surface area (Å²) in [5, 5.41) is 9.47. The molecule has 6 heteroatoms. The van der Waals surface area contributed by atoms with Gasteiger partial charge in [0, 0.05) is 24.8 Å². The lowest BCUT2D eigenvalue weighted by Crippen LogP contribution is -2.26. The summed E-state index contributed by atoms with van der Waals surface area (Å²) in [7, 11) is 0. The summed E-state index contributed by atoms with van der Waals surface area (Å²) in [6.45, 7) is 2.17. The van der Waals surface area contributed by atoms with Crippen LogP contribution in [0.25, 0.3) is 0 Å². The number of nitrogens with zero attached hydrogens (tertiary/aromatic N) is 1. The molecule has 0 fully saturated rings. The van der Waals surface area contributed by atoms with E-state index >= 15 is 0 Å². The Balaban J connectivity index is 2.37. The number of hydrogen-bond acceptors (Lipinski definition) is 4. The number of carboxylic acid groups (broad SMARTS) is 1. The number of aromatic nitrogens is 2. The number of carboxylic acids is 1. The van der Waals surface area contributed by atoms with Gasteiger partial charge in [-0.2, -0.15) is 0 Å². The summed E-state index contributed by atoms with van der Waals surface area (Å²) < 4.78 is 5.04. The maximum atomic E-state index is 10.7. The molecule has 0 bridgehead atoms. The van der Waals surface area contributed by atoms with Crippen molar-refractivity contribution >= 4 is 17.7 Å². The Kier molecular flexibility index (Phi) is 4.48. The smallest absolute Gasteiger partial charge is 0.333 e. The predicted octanol–water partition coefficient (Wildman–Crippen LogP) is 0.992. The summed E-state index contributed by atoms with van der Waals surface area (Å²) in [6, 6.07) is 0. The van der Waals surface area contributed by atoms with E-state index in [1.807, 2.05) is 0 Å². The first-order chi connectivity index (χ1) is 6.74. The monoisotopic (exact) mass is 216 g/mol. The lowest BCUT2D eigenvalue weighted by molar-refractivity contribution is -0.148. The van der Waals surface area contributed by atoms with Crippen molar-refractivity contribution in [2.45, 2.75) is 18.2 Å². The normalized spacial score (nSPS) is 12.6. The van der Waals surface area contributed by atoms with Gasteiger partial charge < -0.3 is 14.8 Å². The quantitative estimate of drug-likeness (QED) is 0.693. The molecular weight excluding hydrogens is 204 g/mol. The second-order valence-electron chi connectivity index (χ2n) is 2.49. The van der Waals surface area contributed by atoms with Gasteiger partial charge in [-0.1, -0.05) is 11.8 Å². The first-order valence-corrected chi connectivity index (χ1v) is 5.19. The van der Waals surface area contributed by atoms with E-state index in [1.165, 1.54) is 11.8 Å². The van der Waals surface area contributed by atoms with Crippen LogP contribution in [0.5, 0.6) is 0 Å². The Hall–Kier alpha value is -1.01. The minimum absolute atomic E-state index is 0.358. The first kappa shape index (κ1) is 11.1. The number of carbonyl (C=O) groups is 1. The highest BCUT2D eigenvalue weighted by Gasteiger charge is 2.17. The molecule has 5 nitrogen and oxygen atoms in total. The molecule has 1 atom stereocenters. The highest BCUT2D eigenvalue weighted by atomic mass is 32.2. The van der Waals surface area contributed by atoms with Crippen LogP contribution in [0.1, 0.15) is 6.92 Å². The second-order valence-corrected chi connectivity index (χ2v) is 3.50. The largest absolute Gasteiger partial charge is 0.479 e. The predicted molar refractivity (Wildman–Crippen MR) is 52.4 cm³/mol. The molecule has 0 radical (unpaired) electrons. The van der Waals surface area contributed by atoms with Gasteiger partial charge in [-0.05, 0) is 6.92 Å². The maximum Gasteiger partial charge on any atom is 0.333 e. The molecule has 0 spiro atoms. The fourth-order valence-corrected chi connectivity index (χ4v) is 1.71. The molecule has 0 aliphatic heterocycles. The number of thioether (sulfide) groups is 1. The number of rotatable bonds is 6. The standard InChI is InChI=1S/C8H12N2O3S/c1-2-13-6(7(11)12)5-14-8-9-3-4-10-8/h3-4,6H,2,5H2,1H3,(H,9,10)(H,11,12). The van der Waals surface area contributed by atoms with E-state index < -0.39 is 12.1 Å². The van der Waals surface area contributed by atoms with Gasteiger partial charge in [0.05, 0.1) is 0 Å². The van der Waals surface area contributed by atoms with E-state index in [4.69, 9.17) is 9.84 Å². The Morgan fingerprint density at radius 3 is 3.14 bits per heavy atom. The highest BCUT2D eigenvalue weighted by molar-refractivity contribution is 7.99. The maximum absolute atomic E-state index is 10.7. The molecule has 78 valence electrons. The van der Waals surface area contributed by atoms with Crippen LogP contribution < -0.4 is 0 Å². The van der Waals surface area contributed by atoms with Crippen LogP contribution >= 0.6 is 11.8 Å². The van der Waals surface area contributed by atoms with Gasteiger partial charge in [-0.25, -0.2) is 9.78 Å². The summed E-state index contributed by atoms with van der Waals surface area (Å²) in [5.41, 5.74) is 0. The van der Waals surface area contributed by atoms with Crippen molar-refractivity contribution in [2.75, 3.05) is 12.4 Å².